The van der Waals surface area contributed by atoms with E-state index in [9.17, 15) is 4.39 Å². The lowest BCUT2D eigenvalue weighted by atomic mass is 10.1. The second kappa shape index (κ2) is 13.4. The summed E-state index contributed by atoms with van der Waals surface area (Å²) >= 11 is 0. The van der Waals surface area contributed by atoms with Gasteiger partial charge in [-0.2, -0.15) is 0 Å². The van der Waals surface area contributed by atoms with Crippen LogP contribution in [0.2, 0.25) is 0 Å². The Balaban J connectivity index is 0.00000341. The average molecular weight is 542 g/mol. The molecule has 170 valence electrons. The molecule has 0 bridgehead atoms. The van der Waals surface area contributed by atoms with Gasteiger partial charge in [-0.1, -0.05) is 24.3 Å². The number of halogens is 2. The zero-order valence-corrected chi connectivity index (χ0v) is 20.5. The Morgan fingerprint density at radius 2 is 1.94 bits per heavy atom. The van der Waals surface area contributed by atoms with Crippen LogP contribution in [0.15, 0.2) is 53.5 Å². The number of nitrogens with one attached hydrogen (secondary N) is 2. The van der Waals surface area contributed by atoms with E-state index in [4.69, 9.17) is 14.5 Å². The molecule has 2 aromatic carbocycles. The Bertz CT molecular complexity index is 831. The number of anilines is 1. The van der Waals surface area contributed by atoms with Crippen molar-refractivity contribution in [3.05, 3.63) is 59.9 Å². The summed E-state index contributed by atoms with van der Waals surface area (Å²) < 4.78 is 24.6. The zero-order valence-electron chi connectivity index (χ0n) is 18.1. The van der Waals surface area contributed by atoms with E-state index in [1.165, 1.54) is 23.4 Å². The molecule has 1 atom stereocenters. The molecule has 31 heavy (non-hydrogen) atoms. The number of rotatable bonds is 8. The Labute approximate surface area is 201 Å². The minimum atomic E-state index is -0.304. The summed E-state index contributed by atoms with van der Waals surface area (Å²) in [6.45, 7) is 9.16. The zero-order chi connectivity index (χ0) is 21.2. The first-order valence-corrected chi connectivity index (χ1v) is 10.5. The smallest absolute Gasteiger partial charge is 0.191 e. The van der Waals surface area contributed by atoms with E-state index in [-0.39, 0.29) is 35.9 Å². The maximum absolute atomic E-state index is 13.3. The summed E-state index contributed by atoms with van der Waals surface area (Å²) in [5.74, 6) is 0.941. The number of hydrogen-bond acceptors (Lipinski definition) is 4. The third-order valence-corrected chi connectivity index (χ3v) is 4.79. The normalized spacial score (nSPS) is 15.1. The summed E-state index contributed by atoms with van der Waals surface area (Å²) in [5.41, 5.74) is 2.39. The van der Waals surface area contributed by atoms with Crippen molar-refractivity contribution < 1.29 is 13.9 Å². The SMILES string of the molecule is CCNC(=NCc1ccccc1N1CCOCC1)NCC(C)Oc1cccc(F)c1.I. The highest BCUT2D eigenvalue weighted by atomic mass is 127. The molecule has 0 spiro atoms. The molecule has 1 heterocycles. The van der Waals surface area contributed by atoms with Gasteiger partial charge in [-0.25, -0.2) is 9.38 Å². The third kappa shape index (κ3) is 8.17. The van der Waals surface area contributed by atoms with Gasteiger partial charge in [0.2, 0.25) is 0 Å². The molecule has 1 unspecified atom stereocenters. The largest absolute Gasteiger partial charge is 0.489 e. The van der Waals surface area contributed by atoms with Crippen LogP contribution < -0.4 is 20.3 Å². The van der Waals surface area contributed by atoms with Crippen molar-refractivity contribution in [3.8, 4) is 5.75 Å². The standard InChI is InChI=1S/C23H31FN4O2.HI/c1-3-25-23(26-16-18(2)30-21-9-6-8-20(24)15-21)27-17-19-7-4-5-10-22(19)28-11-13-29-14-12-28;/h4-10,15,18H,3,11-14,16-17H2,1-2H3,(H2,25,26,27);1H. The lowest BCUT2D eigenvalue weighted by Crippen LogP contribution is -2.41. The molecule has 2 aromatic rings. The lowest BCUT2D eigenvalue weighted by molar-refractivity contribution is 0.122. The van der Waals surface area contributed by atoms with Crippen molar-refractivity contribution in [2.24, 2.45) is 4.99 Å². The number of hydrogen-bond donors (Lipinski definition) is 2. The Hall–Kier alpha value is -2.07. The number of guanidine groups is 1. The molecule has 1 aliphatic heterocycles. The van der Waals surface area contributed by atoms with Gasteiger partial charge in [0.15, 0.2) is 5.96 Å². The van der Waals surface area contributed by atoms with Crippen LogP contribution in [-0.4, -0.2) is 51.5 Å². The molecule has 1 fully saturated rings. The molecular formula is C23H32FIN4O2. The summed E-state index contributed by atoms with van der Waals surface area (Å²) in [6.07, 6.45) is -0.142. The van der Waals surface area contributed by atoms with Crippen molar-refractivity contribution in [1.29, 1.82) is 0 Å². The fraction of sp³-hybridized carbons (Fsp3) is 0.435. The summed E-state index contributed by atoms with van der Waals surface area (Å²) in [5, 5.41) is 6.58. The molecule has 6 nitrogen and oxygen atoms in total. The maximum atomic E-state index is 13.3. The number of nitrogens with zero attached hydrogens (tertiary/aromatic N) is 2. The van der Waals surface area contributed by atoms with Gasteiger partial charge in [0.1, 0.15) is 17.7 Å². The summed E-state index contributed by atoms with van der Waals surface area (Å²) in [6, 6.07) is 14.6. The van der Waals surface area contributed by atoms with Crippen molar-refractivity contribution in [2.75, 3.05) is 44.3 Å². The molecule has 3 rings (SSSR count). The van der Waals surface area contributed by atoms with Crippen LogP contribution in [0.5, 0.6) is 5.75 Å². The molecule has 0 aromatic heterocycles. The Morgan fingerprint density at radius 1 is 1.16 bits per heavy atom. The minimum Gasteiger partial charge on any atom is -0.489 e. The molecule has 1 aliphatic rings. The van der Waals surface area contributed by atoms with Crippen molar-refractivity contribution in [2.45, 2.75) is 26.5 Å². The van der Waals surface area contributed by atoms with E-state index < -0.39 is 0 Å². The molecule has 0 amide bonds. The second-order valence-electron chi connectivity index (χ2n) is 7.19. The Morgan fingerprint density at radius 3 is 2.68 bits per heavy atom. The number of benzene rings is 2. The van der Waals surface area contributed by atoms with Gasteiger partial charge in [-0.15, -0.1) is 24.0 Å². The van der Waals surface area contributed by atoms with E-state index in [0.29, 0.717) is 18.8 Å². The molecule has 2 N–H and O–H groups in total. The first-order valence-electron chi connectivity index (χ1n) is 10.5. The van der Waals surface area contributed by atoms with Crippen LogP contribution in [0.25, 0.3) is 0 Å². The van der Waals surface area contributed by atoms with Crippen molar-refractivity contribution in [1.82, 2.24) is 10.6 Å². The molecule has 0 aliphatic carbocycles. The highest BCUT2D eigenvalue weighted by Crippen LogP contribution is 2.22. The first-order chi connectivity index (χ1) is 14.7. The highest BCUT2D eigenvalue weighted by molar-refractivity contribution is 14.0. The van der Waals surface area contributed by atoms with Crippen LogP contribution in [0.3, 0.4) is 0 Å². The van der Waals surface area contributed by atoms with E-state index in [1.807, 2.05) is 19.9 Å². The van der Waals surface area contributed by atoms with Crippen LogP contribution >= 0.6 is 24.0 Å². The fourth-order valence-corrected chi connectivity index (χ4v) is 3.32. The first kappa shape index (κ1) is 25.2. The summed E-state index contributed by atoms with van der Waals surface area (Å²) in [7, 11) is 0. The topological polar surface area (TPSA) is 58.1 Å². The number of para-hydroxylation sites is 1. The molecule has 0 radical (unpaired) electrons. The van der Waals surface area contributed by atoms with E-state index in [0.717, 1.165) is 38.8 Å². The van der Waals surface area contributed by atoms with E-state index in [2.05, 4.69) is 33.7 Å². The van der Waals surface area contributed by atoms with Crippen LogP contribution in [0.1, 0.15) is 19.4 Å². The number of morpholine rings is 1. The fourth-order valence-electron chi connectivity index (χ4n) is 3.32. The predicted molar refractivity (Wildman–Crippen MR) is 134 cm³/mol. The van der Waals surface area contributed by atoms with E-state index in [1.54, 1.807) is 12.1 Å². The predicted octanol–water partition coefficient (Wildman–Crippen LogP) is 3.80. The van der Waals surface area contributed by atoms with Gasteiger partial charge in [-0.3, -0.25) is 0 Å². The van der Waals surface area contributed by atoms with Crippen LogP contribution in [-0.2, 0) is 11.3 Å². The lowest BCUT2D eigenvalue weighted by Gasteiger charge is -2.30. The highest BCUT2D eigenvalue weighted by Gasteiger charge is 2.14. The van der Waals surface area contributed by atoms with Crippen LogP contribution in [0.4, 0.5) is 10.1 Å². The molecular weight excluding hydrogens is 510 g/mol. The summed E-state index contributed by atoms with van der Waals surface area (Å²) in [4.78, 5) is 7.10. The van der Waals surface area contributed by atoms with Crippen LogP contribution in [0, 0.1) is 5.82 Å². The molecule has 0 saturated carbocycles. The van der Waals surface area contributed by atoms with Gasteiger partial charge in [0.25, 0.3) is 0 Å². The van der Waals surface area contributed by atoms with Gasteiger partial charge in [-0.05, 0) is 37.6 Å². The van der Waals surface area contributed by atoms with Gasteiger partial charge in [0.05, 0.1) is 26.3 Å². The van der Waals surface area contributed by atoms with Crippen molar-refractivity contribution in [3.63, 3.8) is 0 Å². The number of ether oxygens (including phenoxy) is 2. The minimum absolute atomic E-state index is 0. The maximum Gasteiger partial charge on any atom is 0.191 e. The monoisotopic (exact) mass is 542 g/mol. The number of aliphatic imine (C=N–C) groups is 1. The second-order valence-corrected chi connectivity index (χ2v) is 7.19. The van der Waals surface area contributed by atoms with Gasteiger partial charge in [0, 0.05) is 31.4 Å². The van der Waals surface area contributed by atoms with Crippen molar-refractivity contribution >= 4 is 35.6 Å². The molecule has 1 saturated heterocycles. The Kier molecular flexibility index (Phi) is 10.9. The average Bonchev–Trinajstić information content (AvgIpc) is 2.76. The quantitative estimate of drug-likeness (QED) is 0.302. The van der Waals surface area contributed by atoms with Gasteiger partial charge < -0.3 is 25.0 Å². The third-order valence-electron chi connectivity index (χ3n) is 4.79. The van der Waals surface area contributed by atoms with Gasteiger partial charge >= 0.3 is 0 Å². The molecule has 8 heteroatoms. The van der Waals surface area contributed by atoms with E-state index >= 15 is 0 Å².